The zero-order valence-electron chi connectivity index (χ0n) is 14.1. The molecule has 8 heteroatoms. The van der Waals surface area contributed by atoms with Crippen LogP contribution in [0.1, 0.15) is 18.6 Å². The maximum atomic E-state index is 13.1. The van der Waals surface area contributed by atoms with Crippen LogP contribution in [0, 0.1) is 5.92 Å². The van der Waals surface area contributed by atoms with E-state index >= 15 is 0 Å². The van der Waals surface area contributed by atoms with Crippen LogP contribution in [0.2, 0.25) is 0 Å². The number of furan rings is 1. The van der Waals surface area contributed by atoms with Crippen LogP contribution in [-0.4, -0.2) is 40.7 Å². The standard InChI is InChI=1S/C18H18N4O4/c23-16-4-6-22(15-9-19-5-3-14(15)20-16)18(25)12-8-17(24)21(10-12)11-13-2-1-7-26-13/h1-3,5,7,9,12H,4,6,8,10-11H2,(H,20,23). The summed E-state index contributed by atoms with van der Waals surface area (Å²) in [5, 5.41) is 2.78. The van der Waals surface area contributed by atoms with Gasteiger partial charge in [0.25, 0.3) is 0 Å². The number of carbonyl (C=O) groups is 3. The molecule has 0 spiro atoms. The number of hydrogen-bond donors (Lipinski definition) is 1. The van der Waals surface area contributed by atoms with Crippen molar-refractivity contribution in [2.75, 3.05) is 23.3 Å². The molecule has 1 fully saturated rings. The number of aromatic nitrogens is 1. The molecule has 26 heavy (non-hydrogen) atoms. The van der Waals surface area contributed by atoms with Crippen molar-refractivity contribution in [2.45, 2.75) is 19.4 Å². The molecule has 2 aromatic rings. The first-order valence-electron chi connectivity index (χ1n) is 8.47. The summed E-state index contributed by atoms with van der Waals surface area (Å²) in [6.07, 6.45) is 5.06. The number of pyridine rings is 1. The van der Waals surface area contributed by atoms with Crippen LogP contribution < -0.4 is 10.2 Å². The first kappa shape index (κ1) is 16.3. The van der Waals surface area contributed by atoms with Crippen molar-refractivity contribution in [1.29, 1.82) is 0 Å². The minimum absolute atomic E-state index is 0.0739. The molecule has 2 aliphatic rings. The Morgan fingerprint density at radius 1 is 1.35 bits per heavy atom. The summed E-state index contributed by atoms with van der Waals surface area (Å²) in [6, 6.07) is 5.24. The first-order chi connectivity index (χ1) is 12.6. The largest absolute Gasteiger partial charge is 0.467 e. The Balaban J connectivity index is 1.52. The van der Waals surface area contributed by atoms with Gasteiger partial charge in [0.1, 0.15) is 5.76 Å². The maximum absolute atomic E-state index is 13.1. The van der Waals surface area contributed by atoms with Crippen LogP contribution in [0.25, 0.3) is 0 Å². The van der Waals surface area contributed by atoms with E-state index in [2.05, 4.69) is 10.3 Å². The molecule has 0 saturated carbocycles. The molecule has 0 aliphatic carbocycles. The van der Waals surface area contributed by atoms with E-state index in [4.69, 9.17) is 4.42 Å². The average Bonchev–Trinajstić information content (AvgIpc) is 3.23. The molecule has 8 nitrogen and oxygen atoms in total. The summed E-state index contributed by atoms with van der Waals surface area (Å²) in [5.41, 5.74) is 1.13. The normalized spacial score (nSPS) is 19.9. The van der Waals surface area contributed by atoms with Gasteiger partial charge < -0.3 is 19.5 Å². The van der Waals surface area contributed by atoms with Crippen molar-refractivity contribution >= 4 is 29.1 Å². The van der Waals surface area contributed by atoms with Gasteiger partial charge in [-0.1, -0.05) is 0 Å². The van der Waals surface area contributed by atoms with E-state index < -0.39 is 5.92 Å². The van der Waals surface area contributed by atoms with Gasteiger partial charge in [-0.25, -0.2) is 0 Å². The quantitative estimate of drug-likeness (QED) is 0.899. The zero-order valence-corrected chi connectivity index (χ0v) is 14.1. The highest BCUT2D eigenvalue weighted by atomic mass is 16.3. The van der Waals surface area contributed by atoms with Gasteiger partial charge in [0, 0.05) is 32.1 Å². The highest BCUT2D eigenvalue weighted by Crippen LogP contribution is 2.31. The molecule has 1 atom stereocenters. The van der Waals surface area contributed by atoms with Crippen LogP contribution in [0.4, 0.5) is 11.4 Å². The van der Waals surface area contributed by atoms with E-state index in [1.165, 1.54) is 0 Å². The van der Waals surface area contributed by atoms with Crippen molar-refractivity contribution in [2.24, 2.45) is 5.92 Å². The van der Waals surface area contributed by atoms with Crippen molar-refractivity contribution in [1.82, 2.24) is 9.88 Å². The Labute approximate surface area is 149 Å². The van der Waals surface area contributed by atoms with E-state index in [1.54, 1.807) is 46.7 Å². The third-order valence-electron chi connectivity index (χ3n) is 4.68. The van der Waals surface area contributed by atoms with Crippen LogP contribution in [0.5, 0.6) is 0 Å². The lowest BCUT2D eigenvalue weighted by molar-refractivity contribution is -0.129. The molecule has 2 aliphatic heterocycles. The maximum Gasteiger partial charge on any atom is 0.232 e. The lowest BCUT2D eigenvalue weighted by Crippen LogP contribution is -2.38. The molecule has 0 aromatic carbocycles. The number of nitrogens with one attached hydrogen (secondary N) is 1. The van der Waals surface area contributed by atoms with E-state index in [9.17, 15) is 14.4 Å². The van der Waals surface area contributed by atoms with Crippen molar-refractivity contribution in [3.8, 4) is 0 Å². The van der Waals surface area contributed by atoms with E-state index in [0.717, 1.165) is 0 Å². The number of fused-ring (bicyclic) bond motifs is 1. The fourth-order valence-corrected chi connectivity index (χ4v) is 3.38. The number of hydrogen-bond acceptors (Lipinski definition) is 5. The number of amides is 3. The van der Waals surface area contributed by atoms with E-state index in [0.29, 0.717) is 30.2 Å². The van der Waals surface area contributed by atoms with Crippen molar-refractivity contribution < 1.29 is 18.8 Å². The number of nitrogens with zero attached hydrogens (tertiary/aromatic N) is 3. The molecule has 1 saturated heterocycles. The Hall–Kier alpha value is -3.16. The Morgan fingerprint density at radius 3 is 3.04 bits per heavy atom. The molecule has 0 radical (unpaired) electrons. The highest BCUT2D eigenvalue weighted by molar-refractivity contribution is 6.05. The molecular weight excluding hydrogens is 336 g/mol. The number of rotatable bonds is 3. The molecular formula is C18H18N4O4. The van der Waals surface area contributed by atoms with Gasteiger partial charge in [0.05, 0.1) is 36.3 Å². The monoisotopic (exact) mass is 354 g/mol. The predicted molar refractivity (Wildman–Crippen MR) is 92.1 cm³/mol. The average molecular weight is 354 g/mol. The molecule has 0 bridgehead atoms. The molecule has 3 amide bonds. The lowest BCUT2D eigenvalue weighted by atomic mass is 10.1. The minimum atomic E-state index is -0.446. The summed E-state index contributed by atoms with van der Waals surface area (Å²) >= 11 is 0. The van der Waals surface area contributed by atoms with Gasteiger partial charge in [-0.15, -0.1) is 0 Å². The third kappa shape index (κ3) is 3.05. The summed E-state index contributed by atoms with van der Waals surface area (Å²) in [6.45, 7) is 0.964. The summed E-state index contributed by atoms with van der Waals surface area (Å²) in [7, 11) is 0. The van der Waals surface area contributed by atoms with Gasteiger partial charge >= 0.3 is 0 Å². The van der Waals surface area contributed by atoms with Crippen LogP contribution in [-0.2, 0) is 20.9 Å². The van der Waals surface area contributed by atoms with Gasteiger partial charge in [0.15, 0.2) is 0 Å². The third-order valence-corrected chi connectivity index (χ3v) is 4.68. The smallest absolute Gasteiger partial charge is 0.232 e. The van der Waals surface area contributed by atoms with Crippen molar-refractivity contribution in [3.63, 3.8) is 0 Å². The fourth-order valence-electron chi connectivity index (χ4n) is 3.38. The van der Waals surface area contributed by atoms with Crippen LogP contribution >= 0.6 is 0 Å². The molecule has 2 aromatic heterocycles. The fraction of sp³-hybridized carbons (Fsp3) is 0.333. The van der Waals surface area contributed by atoms with Gasteiger partial charge in [-0.2, -0.15) is 0 Å². The second-order valence-electron chi connectivity index (χ2n) is 6.44. The Morgan fingerprint density at radius 2 is 2.23 bits per heavy atom. The molecule has 4 rings (SSSR count). The lowest BCUT2D eigenvalue weighted by Gasteiger charge is -2.24. The summed E-state index contributed by atoms with van der Waals surface area (Å²) in [5.74, 6) is -0.139. The zero-order chi connectivity index (χ0) is 18.1. The SMILES string of the molecule is O=C1CCN(C(=O)C2CC(=O)N(Cc3ccco3)C2)c2cnccc2N1. The predicted octanol–water partition coefficient (Wildman–Crippen LogP) is 1.40. The molecule has 134 valence electrons. The molecule has 1 unspecified atom stereocenters. The summed E-state index contributed by atoms with van der Waals surface area (Å²) in [4.78, 5) is 44.5. The second kappa shape index (κ2) is 6.62. The minimum Gasteiger partial charge on any atom is -0.467 e. The number of anilines is 2. The van der Waals surface area contributed by atoms with Gasteiger partial charge in [0.2, 0.25) is 17.7 Å². The van der Waals surface area contributed by atoms with Crippen molar-refractivity contribution in [3.05, 3.63) is 42.6 Å². The molecule has 4 heterocycles. The topological polar surface area (TPSA) is 95.8 Å². The van der Waals surface area contributed by atoms with Crippen LogP contribution in [0.15, 0.2) is 41.3 Å². The summed E-state index contributed by atoms with van der Waals surface area (Å²) < 4.78 is 5.29. The van der Waals surface area contributed by atoms with Gasteiger partial charge in [-0.3, -0.25) is 19.4 Å². The highest BCUT2D eigenvalue weighted by Gasteiger charge is 2.38. The van der Waals surface area contributed by atoms with Crippen LogP contribution in [0.3, 0.4) is 0 Å². The van der Waals surface area contributed by atoms with E-state index in [-0.39, 0.29) is 37.1 Å². The Bertz CT molecular complexity index is 849. The number of carbonyl (C=O) groups excluding carboxylic acids is 3. The van der Waals surface area contributed by atoms with Gasteiger partial charge in [-0.05, 0) is 18.2 Å². The molecule has 1 N–H and O–H groups in total. The Kier molecular flexibility index (Phi) is 4.16. The first-order valence-corrected chi connectivity index (χ1v) is 8.47. The second-order valence-corrected chi connectivity index (χ2v) is 6.44. The van der Waals surface area contributed by atoms with E-state index in [1.807, 2.05) is 0 Å². The number of likely N-dealkylation sites (tertiary alicyclic amines) is 1.